The first-order valence-corrected chi connectivity index (χ1v) is 8.65. The second-order valence-electron chi connectivity index (χ2n) is 7.76. The van der Waals surface area contributed by atoms with Crippen molar-refractivity contribution in [1.82, 2.24) is 5.32 Å². The van der Waals surface area contributed by atoms with Crippen LogP contribution in [-0.2, 0) is 0 Å². The molecule has 120 valence electrons. The van der Waals surface area contributed by atoms with Crippen LogP contribution < -0.4 is 5.32 Å². The molecule has 2 heteroatoms. The Kier molecular flexibility index (Phi) is 5.64. The third-order valence-corrected chi connectivity index (χ3v) is 5.46. The van der Waals surface area contributed by atoms with Gasteiger partial charge < -0.3 is 5.32 Å². The Bertz CT molecular complexity index is 498. The quantitative estimate of drug-likeness (QED) is 0.873. The lowest BCUT2D eigenvalue weighted by atomic mass is 9.87. The van der Waals surface area contributed by atoms with E-state index in [1.807, 2.05) is 24.3 Å². The molecule has 0 heterocycles. The van der Waals surface area contributed by atoms with Gasteiger partial charge in [0.2, 0.25) is 0 Å². The van der Waals surface area contributed by atoms with Crippen molar-refractivity contribution < 1.29 is 0 Å². The number of nitrogens with zero attached hydrogens (tertiary/aromatic N) is 1. The van der Waals surface area contributed by atoms with E-state index in [2.05, 4.69) is 33.0 Å². The summed E-state index contributed by atoms with van der Waals surface area (Å²) in [5, 5.41) is 12.1. The summed E-state index contributed by atoms with van der Waals surface area (Å²) in [7, 11) is 0. The highest BCUT2D eigenvalue weighted by molar-refractivity contribution is 5.27. The molecule has 0 aromatic heterocycles. The number of nitrogens with one attached hydrogen (secondary N) is 1. The van der Waals surface area contributed by atoms with Gasteiger partial charge in [0, 0.05) is 11.6 Å². The zero-order valence-electron chi connectivity index (χ0n) is 14.5. The van der Waals surface area contributed by atoms with Gasteiger partial charge in [-0.2, -0.15) is 5.26 Å². The van der Waals surface area contributed by atoms with Gasteiger partial charge in [-0.15, -0.1) is 0 Å². The summed E-state index contributed by atoms with van der Waals surface area (Å²) in [6.07, 6.45) is 5.87. The van der Waals surface area contributed by atoms with E-state index in [-0.39, 0.29) is 0 Å². The standard InChI is InChI=1S/C13H25N.C7H5N/c1-9(2)13(3,4)14-12-6-5-10-7-11(10)8-12;8-6-7-4-2-1-3-5-7/h9-12,14H,5-8H2,1-4H3;1-5H. The largest absolute Gasteiger partial charge is 0.309 e. The van der Waals surface area contributed by atoms with Crippen molar-refractivity contribution in [1.29, 1.82) is 5.26 Å². The van der Waals surface area contributed by atoms with Crippen molar-refractivity contribution >= 4 is 0 Å². The van der Waals surface area contributed by atoms with Crippen LogP contribution in [-0.4, -0.2) is 11.6 Å². The van der Waals surface area contributed by atoms with E-state index in [1.165, 1.54) is 25.7 Å². The molecule has 2 nitrogen and oxygen atoms in total. The Balaban J connectivity index is 0.000000188. The average molecular weight is 298 g/mol. The molecule has 3 unspecified atom stereocenters. The fourth-order valence-corrected chi connectivity index (χ4v) is 3.19. The minimum absolute atomic E-state index is 0.312. The van der Waals surface area contributed by atoms with E-state index >= 15 is 0 Å². The summed E-state index contributed by atoms with van der Waals surface area (Å²) in [6.45, 7) is 9.32. The zero-order chi connectivity index (χ0) is 16.2. The number of nitriles is 1. The lowest BCUT2D eigenvalue weighted by molar-refractivity contribution is 0.221. The zero-order valence-corrected chi connectivity index (χ0v) is 14.5. The van der Waals surface area contributed by atoms with Crippen molar-refractivity contribution in [2.24, 2.45) is 17.8 Å². The maximum absolute atomic E-state index is 8.29. The Labute approximate surface area is 135 Å². The third-order valence-electron chi connectivity index (χ3n) is 5.46. The molecule has 2 aliphatic carbocycles. The van der Waals surface area contributed by atoms with Gasteiger partial charge in [-0.3, -0.25) is 0 Å². The van der Waals surface area contributed by atoms with Gasteiger partial charge >= 0.3 is 0 Å². The predicted octanol–water partition coefficient (Wildman–Crippen LogP) is 4.76. The molecular formula is C20H30N2. The maximum atomic E-state index is 8.29. The van der Waals surface area contributed by atoms with Gasteiger partial charge in [-0.25, -0.2) is 0 Å². The molecule has 0 aliphatic heterocycles. The second kappa shape index (κ2) is 7.29. The monoisotopic (exact) mass is 298 g/mol. The number of hydrogen-bond donors (Lipinski definition) is 1. The molecule has 3 rings (SSSR count). The van der Waals surface area contributed by atoms with Crippen LogP contribution in [0.5, 0.6) is 0 Å². The second-order valence-corrected chi connectivity index (χ2v) is 7.76. The van der Waals surface area contributed by atoms with Crippen molar-refractivity contribution in [3.8, 4) is 6.07 Å². The summed E-state index contributed by atoms with van der Waals surface area (Å²) in [5.41, 5.74) is 1.03. The Hall–Kier alpha value is -1.33. The van der Waals surface area contributed by atoms with Crippen LogP contribution in [0.1, 0.15) is 58.9 Å². The molecule has 2 fully saturated rings. The Morgan fingerprint density at radius 1 is 1.09 bits per heavy atom. The number of rotatable bonds is 3. The smallest absolute Gasteiger partial charge is 0.0991 e. The molecule has 3 atom stereocenters. The van der Waals surface area contributed by atoms with Crippen LogP contribution in [0, 0.1) is 29.1 Å². The van der Waals surface area contributed by atoms with Crippen LogP contribution in [0.25, 0.3) is 0 Å². The van der Waals surface area contributed by atoms with Crippen LogP contribution in [0.2, 0.25) is 0 Å². The molecule has 0 radical (unpaired) electrons. The van der Waals surface area contributed by atoms with Crippen LogP contribution in [0.4, 0.5) is 0 Å². The lowest BCUT2D eigenvalue weighted by Crippen LogP contribution is -2.50. The maximum Gasteiger partial charge on any atom is 0.0991 e. The fraction of sp³-hybridized carbons (Fsp3) is 0.650. The number of hydrogen-bond acceptors (Lipinski definition) is 2. The van der Waals surface area contributed by atoms with Crippen molar-refractivity contribution in [3.05, 3.63) is 35.9 Å². The normalized spacial score (nSPS) is 26.5. The first kappa shape index (κ1) is 17.0. The molecule has 0 amide bonds. The topological polar surface area (TPSA) is 35.8 Å². The summed E-state index contributed by atoms with van der Waals surface area (Å²) in [4.78, 5) is 0. The lowest BCUT2D eigenvalue weighted by Gasteiger charge is -2.36. The van der Waals surface area contributed by atoms with E-state index in [9.17, 15) is 0 Å². The van der Waals surface area contributed by atoms with Crippen LogP contribution in [0.3, 0.4) is 0 Å². The van der Waals surface area contributed by atoms with Crippen LogP contribution >= 0.6 is 0 Å². The SMILES string of the molecule is CC(C)C(C)(C)NC1CCC2CC2C1.N#Cc1ccccc1. The molecule has 0 bridgehead atoms. The van der Waals surface area contributed by atoms with Gasteiger partial charge in [0.1, 0.15) is 0 Å². The van der Waals surface area contributed by atoms with Gasteiger partial charge in [0.25, 0.3) is 0 Å². The highest BCUT2D eigenvalue weighted by atomic mass is 15.0. The molecule has 0 saturated heterocycles. The van der Waals surface area contributed by atoms with E-state index in [1.54, 1.807) is 12.1 Å². The van der Waals surface area contributed by atoms with Crippen molar-refractivity contribution in [3.63, 3.8) is 0 Å². The highest BCUT2D eigenvalue weighted by Crippen LogP contribution is 2.49. The predicted molar refractivity (Wildman–Crippen MR) is 92.4 cm³/mol. The molecule has 2 saturated carbocycles. The molecule has 22 heavy (non-hydrogen) atoms. The van der Waals surface area contributed by atoms with E-state index < -0.39 is 0 Å². The summed E-state index contributed by atoms with van der Waals surface area (Å²) in [6, 6.07) is 12.0. The van der Waals surface area contributed by atoms with E-state index in [4.69, 9.17) is 5.26 Å². The molecule has 2 aliphatic rings. The molecular weight excluding hydrogens is 268 g/mol. The van der Waals surface area contributed by atoms with Crippen molar-refractivity contribution in [2.75, 3.05) is 0 Å². The molecule has 1 aromatic carbocycles. The van der Waals surface area contributed by atoms with Gasteiger partial charge in [0.15, 0.2) is 0 Å². The molecule has 0 spiro atoms. The minimum Gasteiger partial charge on any atom is -0.309 e. The molecule has 1 aromatic rings. The third kappa shape index (κ3) is 4.85. The van der Waals surface area contributed by atoms with Crippen molar-refractivity contribution in [2.45, 2.75) is 65.0 Å². The van der Waals surface area contributed by atoms with Gasteiger partial charge in [0.05, 0.1) is 11.6 Å². The minimum atomic E-state index is 0.312. The Morgan fingerprint density at radius 3 is 2.27 bits per heavy atom. The molecule has 1 N–H and O–H groups in total. The van der Waals surface area contributed by atoms with Gasteiger partial charge in [-0.1, -0.05) is 32.0 Å². The number of benzene rings is 1. The van der Waals surface area contributed by atoms with E-state index in [0.29, 0.717) is 11.1 Å². The summed E-state index contributed by atoms with van der Waals surface area (Å²) < 4.78 is 0. The van der Waals surface area contributed by atoms with Gasteiger partial charge in [-0.05, 0) is 69.4 Å². The first-order chi connectivity index (χ1) is 10.4. The number of fused-ring (bicyclic) bond motifs is 1. The highest BCUT2D eigenvalue weighted by Gasteiger charge is 2.42. The average Bonchev–Trinajstić information content (AvgIpc) is 3.27. The van der Waals surface area contributed by atoms with E-state index in [0.717, 1.165) is 23.8 Å². The Morgan fingerprint density at radius 2 is 1.77 bits per heavy atom. The summed E-state index contributed by atoms with van der Waals surface area (Å²) >= 11 is 0. The first-order valence-electron chi connectivity index (χ1n) is 8.65. The fourth-order valence-electron chi connectivity index (χ4n) is 3.19. The van der Waals surface area contributed by atoms with Crippen LogP contribution in [0.15, 0.2) is 30.3 Å². The summed E-state index contributed by atoms with van der Waals surface area (Å²) in [5.74, 6) is 2.93.